The van der Waals surface area contributed by atoms with Crippen LogP contribution in [0.25, 0.3) is 0 Å². The summed E-state index contributed by atoms with van der Waals surface area (Å²) in [5.74, 6) is -3.00. The number of benzene rings is 2. The first-order chi connectivity index (χ1) is 15.9. The molecule has 0 radical (unpaired) electrons. The van der Waals surface area contributed by atoms with E-state index in [4.69, 9.17) is 14.2 Å². The van der Waals surface area contributed by atoms with E-state index in [9.17, 15) is 40.5 Å². The molecule has 11 heteroatoms. The number of aliphatic hydroxyl groups is 3. The molecule has 5 atom stereocenters. The van der Waals surface area contributed by atoms with E-state index in [1.807, 2.05) is 13.8 Å². The van der Waals surface area contributed by atoms with Gasteiger partial charge in [0.15, 0.2) is 17.2 Å². The van der Waals surface area contributed by atoms with E-state index in [-0.39, 0.29) is 17.2 Å². The molecule has 1 fully saturated rings. The number of hydrogen-bond acceptors (Lipinski definition) is 11. The highest BCUT2D eigenvalue weighted by atomic mass is 16.7. The van der Waals surface area contributed by atoms with Crippen molar-refractivity contribution >= 4 is 5.97 Å². The van der Waals surface area contributed by atoms with Gasteiger partial charge in [-0.1, -0.05) is 13.8 Å². The van der Waals surface area contributed by atoms with E-state index in [1.54, 1.807) is 13.0 Å². The molecule has 1 aliphatic heterocycles. The highest BCUT2D eigenvalue weighted by Crippen LogP contribution is 2.36. The number of rotatable bonds is 6. The first-order valence-electron chi connectivity index (χ1n) is 10.5. The lowest BCUT2D eigenvalue weighted by Crippen LogP contribution is -2.60. The van der Waals surface area contributed by atoms with E-state index >= 15 is 0 Å². The zero-order valence-corrected chi connectivity index (χ0v) is 18.7. The highest BCUT2D eigenvalue weighted by Gasteiger charge is 2.45. The minimum atomic E-state index is -1.69. The number of esters is 1. The van der Waals surface area contributed by atoms with Gasteiger partial charge < -0.3 is 50.0 Å². The second-order valence-electron chi connectivity index (χ2n) is 8.43. The second kappa shape index (κ2) is 9.94. The van der Waals surface area contributed by atoms with Gasteiger partial charge in [0, 0.05) is 5.56 Å². The Hall–Kier alpha value is -3.25. The minimum absolute atomic E-state index is 0.0624. The van der Waals surface area contributed by atoms with Gasteiger partial charge in [-0.25, -0.2) is 4.79 Å². The Bertz CT molecular complexity index is 1030. The number of carbonyl (C=O) groups excluding carboxylic acids is 1. The fourth-order valence-corrected chi connectivity index (χ4v) is 3.48. The minimum Gasteiger partial charge on any atom is -0.508 e. The molecule has 5 unspecified atom stereocenters. The fraction of sp³-hybridized carbons (Fsp3) is 0.435. The number of hydrogen-bond donors (Lipinski definition) is 7. The van der Waals surface area contributed by atoms with Crippen LogP contribution in [0.15, 0.2) is 24.3 Å². The molecule has 0 aliphatic carbocycles. The predicted octanol–water partition coefficient (Wildman–Crippen LogP) is 0.984. The lowest BCUT2D eigenvalue weighted by molar-refractivity contribution is -0.277. The van der Waals surface area contributed by atoms with Gasteiger partial charge in [-0.3, -0.25) is 0 Å². The summed E-state index contributed by atoms with van der Waals surface area (Å²) in [6, 6.07) is 4.83. The molecule has 1 heterocycles. The van der Waals surface area contributed by atoms with Crippen LogP contribution in [-0.2, 0) is 9.47 Å². The number of phenolic OH excluding ortho intramolecular Hbond substituents is 4. The van der Waals surface area contributed by atoms with Crippen LogP contribution in [0, 0.1) is 6.92 Å². The van der Waals surface area contributed by atoms with Gasteiger partial charge in [0.05, 0.1) is 5.56 Å². The van der Waals surface area contributed by atoms with Gasteiger partial charge in [0.25, 0.3) is 0 Å². The topological polar surface area (TPSA) is 186 Å². The van der Waals surface area contributed by atoms with Crippen molar-refractivity contribution in [3.8, 4) is 28.7 Å². The Kier molecular flexibility index (Phi) is 7.41. The Labute approximate surface area is 195 Å². The predicted molar refractivity (Wildman–Crippen MR) is 116 cm³/mol. The summed E-state index contributed by atoms with van der Waals surface area (Å²) < 4.78 is 16.4. The molecule has 34 heavy (non-hydrogen) atoms. The molecule has 0 bridgehead atoms. The van der Waals surface area contributed by atoms with Crippen LogP contribution in [0.5, 0.6) is 28.7 Å². The molecule has 1 saturated heterocycles. The van der Waals surface area contributed by atoms with Gasteiger partial charge in [-0.2, -0.15) is 0 Å². The van der Waals surface area contributed by atoms with Crippen molar-refractivity contribution in [1.29, 1.82) is 0 Å². The van der Waals surface area contributed by atoms with Crippen LogP contribution in [0.3, 0.4) is 0 Å². The normalized spacial score (nSPS) is 24.7. The Morgan fingerprint density at radius 3 is 2.15 bits per heavy atom. The molecular weight excluding hydrogens is 452 g/mol. The molecule has 186 valence electrons. The summed E-state index contributed by atoms with van der Waals surface area (Å²) in [6.07, 6.45) is -7.69. The van der Waals surface area contributed by atoms with Crippen LogP contribution >= 0.6 is 0 Å². The van der Waals surface area contributed by atoms with E-state index < -0.39 is 60.5 Å². The van der Waals surface area contributed by atoms with Crippen molar-refractivity contribution < 1.29 is 54.8 Å². The zero-order valence-electron chi connectivity index (χ0n) is 18.7. The fourth-order valence-electron chi connectivity index (χ4n) is 3.48. The maximum atomic E-state index is 12.3. The molecule has 2 aromatic carbocycles. The number of aromatic hydroxyl groups is 4. The second-order valence-corrected chi connectivity index (χ2v) is 8.43. The molecular formula is C23H28O11. The lowest BCUT2D eigenvalue weighted by atomic mass is 9.98. The summed E-state index contributed by atoms with van der Waals surface area (Å²) in [5.41, 5.74) is 0.846. The Morgan fingerprint density at radius 1 is 0.941 bits per heavy atom. The Balaban J connectivity index is 1.75. The Morgan fingerprint density at radius 2 is 1.56 bits per heavy atom. The molecule has 0 aromatic heterocycles. The maximum Gasteiger partial charge on any atom is 0.338 e. The van der Waals surface area contributed by atoms with Crippen molar-refractivity contribution in [2.24, 2.45) is 0 Å². The third kappa shape index (κ3) is 5.12. The quantitative estimate of drug-likeness (QED) is 0.231. The lowest BCUT2D eigenvalue weighted by Gasteiger charge is -2.40. The summed E-state index contributed by atoms with van der Waals surface area (Å²) in [6.45, 7) is 4.83. The van der Waals surface area contributed by atoms with Crippen LogP contribution < -0.4 is 4.74 Å². The first kappa shape index (κ1) is 25.4. The molecule has 11 nitrogen and oxygen atoms in total. The average Bonchev–Trinajstić information content (AvgIpc) is 2.78. The van der Waals surface area contributed by atoms with Gasteiger partial charge in [0.1, 0.15) is 42.5 Å². The number of aryl methyl sites for hydroxylation is 1. The SMILES string of the molecule is Cc1cc(OC2OC(COC(=O)c3cc(O)c(O)c(O)c3)C(O)C(O)C2O)c(C(C)C)cc1O. The van der Waals surface area contributed by atoms with Gasteiger partial charge in [-0.15, -0.1) is 0 Å². The average molecular weight is 480 g/mol. The standard InChI is InChI=1S/C23H28O11/c1-9(2)12-7-13(24)10(3)4-16(12)33-23-21(30)20(29)19(28)17(34-23)8-32-22(31)11-5-14(25)18(27)15(26)6-11/h4-7,9,17,19-21,23-30H,8H2,1-3H3. The van der Waals surface area contributed by atoms with Crippen molar-refractivity contribution in [2.75, 3.05) is 6.61 Å². The number of carbonyl (C=O) groups is 1. The molecule has 3 rings (SSSR count). The molecule has 2 aromatic rings. The van der Waals surface area contributed by atoms with Crippen LogP contribution in [-0.4, -0.2) is 79.0 Å². The van der Waals surface area contributed by atoms with E-state index in [0.29, 0.717) is 16.9 Å². The summed E-state index contributed by atoms with van der Waals surface area (Å²) in [5, 5.41) is 69.5. The number of ether oxygens (including phenoxy) is 3. The number of aliphatic hydroxyl groups excluding tert-OH is 3. The highest BCUT2D eigenvalue weighted by molar-refractivity contribution is 5.91. The van der Waals surface area contributed by atoms with Crippen LogP contribution in [0.2, 0.25) is 0 Å². The summed E-state index contributed by atoms with van der Waals surface area (Å²) in [4.78, 5) is 12.3. The van der Waals surface area contributed by atoms with Gasteiger partial charge >= 0.3 is 5.97 Å². The van der Waals surface area contributed by atoms with Crippen LogP contribution in [0.1, 0.15) is 41.3 Å². The van der Waals surface area contributed by atoms with Crippen LogP contribution in [0.4, 0.5) is 0 Å². The molecule has 0 amide bonds. The smallest absolute Gasteiger partial charge is 0.338 e. The molecule has 0 spiro atoms. The van der Waals surface area contributed by atoms with Crippen molar-refractivity contribution in [3.05, 3.63) is 41.0 Å². The molecule has 7 N–H and O–H groups in total. The largest absolute Gasteiger partial charge is 0.508 e. The van der Waals surface area contributed by atoms with Crippen molar-refractivity contribution in [1.82, 2.24) is 0 Å². The summed E-state index contributed by atoms with van der Waals surface area (Å²) in [7, 11) is 0. The zero-order chi connectivity index (χ0) is 25.3. The monoisotopic (exact) mass is 480 g/mol. The first-order valence-corrected chi connectivity index (χ1v) is 10.5. The summed E-state index contributed by atoms with van der Waals surface area (Å²) >= 11 is 0. The van der Waals surface area contributed by atoms with E-state index in [0.717, 1.165) is 12.1 Å². The van der Waals surface area contributed by atoms with E-state index in [2.05, 4.69) is 0 Å². The van der Waals surface area contributed by atoms with Gasteiger partial charge in [-0.05, 0) is 42.7 Å². The molecule has 1 aliphatic rings. The third-order valence-corrected chi connectivity index (χ3v) is 5.55. The third-order valence-electron chi connectivity index (χ3n) is 5.55. The van der Waals surface area contributed by atoms with Crippen molar-refractivity contribution in [3.63, 3.8) is 0 Å². The molecule has 0 saturated carbocycles. The maximum absolute atomic E-state index is 12.3. The van der Waals surface area contributed by atoms with Crippen molar-refractivity contribution in [2.45, 2.75) is 57.4 Å². The number of phenols is 4. The van der Waals surface area contributed by atoms with Gasteiger partial charge in [0.2, 0.25) is 6.29 Å². The van der Waals surface area contributed by atoms with E-state index in [1.165, 1.54) is 6.07 Å².